The van der Waals surface area contributed by atoms with Crippen molar-refractivity contribution in [3.05, 3.63) is 40.8 Å². The maximum atomic E-state index is 5.84. The predicted octanol–water partition coefficient (Wildman–Crippen LogP) is 4.11. The van der Waals surface area contributed by atoms with Crippen LogP contribution >= 0.6 is 11.6 Å². The molecule has 2 aromatic rings. The first kappa shape index (κ1) is 14.6. The standard InChI is InChI=1S/C15H18ClN3O/c1-9-5-6-12(10(7-9)15(2,3)4)20-13-11(17)8-18-14(16)19-13/h5-8H,17H2,1-4H3. The van der Waals surface area contributed by atoms with E-state index in [-0.39, 0.29) is 16.6 Å². The van der Waals surface area contributed by atoms with Gasteiger partial charge >= 0.3 is 0 Å². The molecule has 0 aliphatic carbocycles. The zero-order valence-corrected chi connectivity index (χ0v) is 12.8. The van der Waals surface area contributed by atoms with E-state index < -0.39 is 0 Å². The van der Waals surface area contributed by atoms with Crippen LogP contribution in [0.15, 0.2) is 24.4 Å². The molecule has 2 N–H and O–H groups in total. The van der Waals surface area contributed by atoms with E-state index >= 15 is 0 Å². The molecule has 0 fully saturated rings. The number of nitrogens with two attached hydrogens (primary N) is 1. The van der Waals surface area contributed by atoms with Gasteiger partial charge in [0.05, 0.1) is 6.20 Å². The van der Waals surface area contributed by atoms with E-state index in [1.54, 1.807) is 0 Å². The van der Waals surface area contributed by atoms with Crippen molar-refractivity contribution < 1.29 is 4.74 Å². The summed E-state index contributed by atoms with van der Waals surface area (Å²) < 4.78 is 5.84. The van der Waals surface area contributed by atoms with Crippen LogP contribution in [0.4, 0.5) is 5.69 Å². The number of nitrogens with zero attached hydrogens (tertiary/aromatic N) is 2. The van der Waals surface area contributed by atoms with Crippen molar-refractivity contribution in [1.82, 2.24) is 9.97 Å². The zero-order chi connectivity index (χ0) is 14.9. The Morgan fingerprint density at radius 2 is 1.95 bits per heavy atom. The Balaban J connectivity index is 2.46. The average Bonchev–Trinajstić information content (AvgIpc) is 2.34. The second-order valence-electron chi connectivity index (χ2n) is 5.75. The number of ether oxygens (including phenoxy) is 1. The molecule has 0 saturated carbocycles. The summed E-state index contributed by atoms with van der Waals surface area (Å²) in [6.45, 7) is 8.44. The summed E-state index contributed by atoms with van der Waals surface area (Å²) in [5, 5.41) is 0.110. The molecule has 1 aromatic heterocycles. The second kappa shape index (κ2) is 5.29. The van der Waals surface area contributed by atoms with Crippen LogP contribution in [-0.4, -0.2) is 9.97 Å². The minimum atomic E-state index is -0.0487. The summed E-state index contributed by atoms with van der Waals surface area (Å²) in [6, 6.07) is 6.02. The summed E-state index contributed by atoms with van der Waals surface area (Å²) in [7, 11) is 0. The third kappa shape index (κ3) is 3.20. The van der Waals surface area contributed by atoms with Gasteiger partial charge in [0.15, 0.2) is 0 Å². The molecular weight excluding hydrogens is 274 g/mol. The van der Waals surface area contributed by atoms with Gasteiger partial charge in [0.1, 0.15) is 11.4 Å². The van der Waals surface area contributed by atoms with Gasteiger partial charge in [0, 0.05) is 5.56 Å². The summed E-state index contributed by atoms with van der Waals surface area (Å²) in [6.07, 6.45) is 1.44. The third-order valence-corrected chi connectivity index (χ3v) is 3.08. The number of hydrogen-bond donors (Lipinski definition) is 1. The predicted molar refractivity (Wildman–Crippen MR) is 81.4 cm³/mol. The highest BCUT2D eigenvalue weighted by Crippen LogP contribution is 2.35. The van der Waals surface area contributed by atoms with E-state index in [2.05, 4.69) is 43.7 Å². The lowest BCUT2D eigenvalue weighted by molar-refractivity contribution is 0.441. The van der Waals surface area contributed by atoms with Crippen LogP contribution in [0, 0.1) is 6.92 Å². The molecule has 0 saturated heterocycles. The fraction of sp³-hybridized carbons (Fsp3) is 0.333. The Morgan fingerprint density at radius 1 is 1.25 bits per heavy atom. The Hall–Kier alpha value is -1.81. The molecular formula is C15H18ClN3O. The molecule has 5 heteroatoms. The van der Waals surface area contributed by atoms with Crippen molar-refractivity contribution in [1.29, 1.82) is 0 Å². The monoisotopic (exact) mass is 291 g/mol. The van der Waals surface area contributed by atoms with E-state index in [0.717, 1.165) is 11.3 Å². The highest BCUT2D eigenvalue weighted by molar-refractivity contribution is 6.28. The van der Waals surface area contributed by atoms with Gasteiger partial charge in [-0.15, -0.1) is 0 Å². The minimum Gasteiger partial charge on any atom is -0.437 e. The van der Waals surface area contributed by atoms with Gasteiger partial charge in [-0.05, 0) is 30.0 Å². The van der Waals surface area contributed by atoms with Gasteiger partial charge in [-0.1, -0.05) is 38.5 Å². The van der Waals surface area contributed by atoms with Crippen molar-refractivity contribution in [3.63, 3.8) is 0 Å². The van der Waals surface area contributed by atoms with E-state index in [1.165, 1.54) is 11.8 Å². The number of rotatable bonds is 2. The van der Waals surface area contributed by atoms with Crippen LogP contribution in [0.25, 0.3) is 0 Å². The molecule has 0 spiro atoms. The number of halogens is 1. The van der Waals surface area contributed by atoms with Crippen LogP contribution in [0.3, 0.4) is 0 Å². The first-order valence-electron chi connectivity index (χ1n) is 6.34. The average molecular weight is 292 g/mol. The second-order valence-corrected chi connectivity index (χ2v) is 6.09. The molecule has 106 valence electrons. The maximum absolute atomic E-state index is 5.84. The van der Waals surface area contributed by atoms with Crippen molar-refractivity contribution >= 4 is 17.3 Å². The Labute approximate surface area is 124 Å². The van der Waals surface area contributed by atoms with Crippen LogP contribution in [0.2, 0.25) is 5.28 Å². The van der Waals surface area contributed by atoms with Gasteiger partial charge in [-0.3, -0.25) is 0 Å². The summed E-state index contributed by atoms with van der Waals surface area (Å²) in [4.78, 5) is 7.84. The number of hydrogen-bond acceptors (Lipinski definition) is 4. The van der Waals surface area contributed by atoms with Crippen molar-refractivity contribution in [2.45, 2.75) is 33.1 Å². The Bertz CT molecular complexity index is 636. The number of anilines is 1. The molecule has 0 aliphatic rings. The smallest absolute Gasteiger partial charge is 0.247 e. The van der Waals surface area contributed by atoms with Crippen molar-refractivity contribution in [2.75, 3.05) is 5.73 Å². The van der Waals surface area contributed by atoms with Crippen molar-refractivity contribution in [3.8, 4) is 11.6 Å². The molecule has 2 rings (SSSR count). The van der Waals surface area contributed by atoms with Gasteiger partial charge in [0.25, 0.3) is 0 Å². The lowest BCUT2D eigenvalue weighted by Gasteiger charge is -2.23. The summed E-state index contributed by atoms with van der Waals surface area (Å²) in [5.74, 6) is 1.00. The van der Waals surface area contributed by atoms with Gasteiger partial charge in [-0.25, -0.2) is 4.98 Å². The van der Waals surface area contributed by atoms with E-state index in [1.807, 2.05) is 12.1 Å². The highest BCUT2D eigenvalue weighted by atomic mass is 35.5. The molecule has 1 heterocycles. The Kier molecular flexibility index (Phi) is 3.86. The fourth-order valence-electron chi connectivity index (χ4n) is 1.86. The lowest BCUT2D eigenvalue weighted by atomic mass is 9.85. The molecule has 1 aromatic carbocycles. The molecule has 0 amide bonds. The first-order valence-corrected chi connectivity index (χ1v) is 6.72. The van der Waals surface area contributed by atoms with E-state index in [0.29, 0.717) is 5.69 Å². The zero-order valence-electron chi connectivity index (χ0n) is 12.1. The van der Waals surface area contributed by atoms with Gasteiger partial charge in [0.2, 0.25) is 11.2 Å². The molecule has 20 heavy (non-hydrogen) atoms. The minimum absolute atomic E-state index is 0.0487. The lowest BCUT2D eigenvalue weighted by Crippen LogP contribution is -2.13. The quantitative estimate of drug-likeness (QED) is 0.846. The molecule has 0 atom stereocenters. The third-order valence-electron chi connectivity index (χ3n) is 2.90. The molecule has 0 bridgehead atoms. The Morgan fingerprint density at radius 3 is 2.60 bits per heavy atom. The maximum Gasteiger partial charge on any atom is 0.247 e. The fourth-order valence-corrected chi connectivity index (χ4v) is 1.99. The van der Waals surface area contributed by atoms with Gasteiger partial charge < -0.3 is 10.5 Å². The van der Waals surface area contributed by atoms with Crippen molar-refractivity contribution in [2.24, 2.45) is 0 Å². The molecule has 0 unspecified atom stereocenters. The normalized spacial score (nSPS) is 11.4. The first-order chi connectivity index (χ1) is 9.27. The summed E-state index contributed by atoms with van der Waals surface area (Å²) in [5.41, 5.74) is 8.39. The SMILES string of the molecule is Cc1ccc(Oc2nc(Cl)ncc2N)c(C(C)(C)C)c1. The van der Waals surface area contributed by atoms with Crippen LogP contribution in [0.1, 0.15) is 31.9 Å². The van der Waals surface area contributed by atoms with Crippen LogP contribution in [0.5, 0.6) is 11.6 Å². The largest absolute Gasteiger partial charge is 0.437 e. The number of nitrogen functional groups attached to an aromatic ring is 1. The molecule has 4 nitrogen and oxygen atoms in total. The number of benzene rings is 1. The number of aryl methyl sites for hydroxylation is 1. The molecule has 0 radical (unpaired) electrons. The van der Waals surface area contributed by atoms with Gasteiger partial charge in [-0.2, -0.15) is 4.98 Å². The highest BCUT2D eigenvalue weighted by Gasteiger charge is 2.20. The van der Waals surface area contributed by atoms with Crippen LogP contribution in [-0.2, 0) is 5.41 Å². The van der Waals surface area contributed by atoms with E-state index in [4.69, 9.17) is 22.1 Å². The molecule has 0 aliphatic heterocycles. The van der Waals surface area contributed by atoms with Crippen LogP contribution < -0.4 is 10.5 Å². The summed E-state index contributed by atoms with van der Waals surface area (Å²) >= 11 is 5.78. The van der Waals surface area contributed by atoms with E-state index in [9.17, 15) is 0 Å². The topological polar surface area (TPSA) is 61.0 Å². The number of aromatic nitrogens is 2.